The molecule has 1 aliphatic rings. The Hall–Kier alpha value is -3.19. The number of rotatable bonds is 7. The molecule has 174 valence electrons. The molecule has 0 saturated heterocycles. The third-order valence-corrected chi connectivity index (χ3v) is 6.63. The molecule has 7 nitrogen and oxygen atoms in total. The summed E-state index contributed by atoms with van der Waals surface area (Å²) in [6.45, 7) is 5.92. The van der Waals surface area contributed by atoms with E-state index in [2.05, 4.69) is 14.9 Å². The van der Waals surface area contributed by atoms with Crippen LogP contribution in [0.25, 0.3) is 11.4 Å². The van der Waals surface area contributed by atoms with Gasteiger partial charge in [0.15, 0.2) is 0 Å². The molecule has 1 atom stereocenters. The molecule has 1 aromatic carbocycles. The number of H-pyrrole nitrogens is 1. The van der Waals surface area contributed by atoms with Gasteiger partial charge in [0.05, 0.1) is 17.9 Å². The number of methoxy groups -OCH3 is 1. The third-order valence-electron chi connectivity index (χ3n) is 6.63. The smallest absolute Gasteiger partial charge is 0.254 e. The van der Waals surface area contributed by atoms with Crippen molar-refractivity contribution in [2.24, 2.45) is 5.92 Å². The van der Waals surface area contributed by atoms with Crippen LogP contribution in [0, 0.1) is 19.8 Å². The van der Waals surface area contributed by atoms with Gasteiger partial charge < -0.3 is 19.6 Å². The van der Waals surface area contributed by atoms with Gasteiger partial charge in [0.2, 0.25) is 0 Å². The van der Waals surface area contributed by atoms with Crippen molar-refractivity contribution in [2.45, 2.75) is 46.1 Å². The highest BCUT2D eigenvalue weighted by atomic mass is 16.5. The number of nitrogens with one attached hydrogen (secondary N) is 2. The third kappa shape index (κ3) is 5.09. The van der Waals surface area contributed by atoms with Gasteiger partial charge in [-0.25, -0.2) is 4.98 Å². The number of fused-ring (bicyclic) bond motifs is 1. The van der Waals surface area contributed by atoms with Crippen LogP contribution in [0.15, 0.2) is 41.2 Å². The molecule has 0 fully saturated rings. The van der Waals surface area contributed by atoms with Gasteiger partial charge in [0.25, 0.3) is 11.5 Å². The van der Waals surface area contributed by atoms with Crippen molar-refractivity contribution in [3.05, 3.63) is 75.0 Å². The maximum absolute atomic E-state index is 12.9. The van der Waals surface area contributed by atoms with E-state index in [1.54, 1.807) is 7.11 Å². The van der Waals surface area contributed by atoms with Crippen LogP contribution in [0.4, 0.5) is 0 Å². The van der Waals surface area contributed by atoms with E-state index in [9.17, 15) is 9.59 Å². The highest BCUT2D eigenvalue weighted by molar-refractivity contribution is 5.95. The van der Waals surface area contributed by atoms with E-state index in [-0.39, 0.29) is 11.5 Å². The summed E-state index contributed by atoms with van der Waals surface area (Å²) < 4.78 is 7.29. The molecule has 4 rings (SSSR count). The minimum atomic E-state index is -0.0490. The van der Waals surface area contributed by atoms with Crippen molar-refractivity contribution < 1.29 is 9.53 Å². The van der Waals surface area contributed by atoms with Gasteiger partial charge in [-0.1, -0.05) is 30.3 Å². The molecular formula is C26H32N4O3. The molecule has 1 aliphatic carbocycles. The summed E-state index contributed by atoms with van der Waals surface area (Å²) in [7, 11) is 1.68. The zero-order chi connectivity index (χ0) is 23.4. The Labute approximate surface area is 194 Å². The Bertz CT molecular complexity index is 1180. The number of amides is 1. The molecule has 1 unspecified atom stereocenters. The van der Waals surface area contributed by atoms with Gasteiger partial charge in [-0.15, -0.1) is 0 Å². The molecule has 2 heterocycles. The molecule has 2 N–H and O–H groups in total. The van der Waals surface area contributed by atoms with E-state index in [4.69, 9.17) is 9.72 Å². The van der Waals surface area contributed by atoms with E-state index in [1.807, 2.05) is 50.2 Å². The van der Waals surface area contributed by atoms with E-state index < -0.39 is 0 Å². The van der Waals surface area contributed by atoms with Crippen LogP contribution < -0.4 is 10.9 Å². The number of hydrogen-bond donors (Lipinski definition) is 2. The van der Waals surface area contributed by atoms with Gasteiger partial charge in [-0.2, -0.15) is 0 Å². The molecule has 3 aromatic rings. The van der Waals surface area contributed by atoms with Crippen LogP contribution in [0.5, 0.6) is 0 Å². The van der Waals surface area contributed by atoms with Crippen molar-refractivity contribution in [2.75, 3.05) is 20.3 Å². The average Bonchev–Trinajstić information content (AvgIpc) is 2.98. The van der Waals surface area contributed by atoms with Crippen LogP contribution in [0.3, 0.4) is 0 Å². The first kappa shape index (κ1) is 23.0. The van der Waals surface area contributed by atoms with E-state index in [1.165, 1.54) is 0 Å². The first-order valence-electron chi connectivity index (χ1n) is 11.6. The minimum absolute atomic E-state index is 0.0455. The van der Waals surface area contributed by atoms with Crippen LogP contribution in [-0.2, 0) is 24.1 Å². The second kappa shape index (κ2) is 10.2. The number of ether oxygens (including phenoxy) is 1. The number of carbonyl (C=O) groups excluding carboxylic acids is 1. The number of aromatic amines is 1. The predicted octanol–water partition coefficient (Wildman–Crippen LogP) is 3.43. The summed E-state index contributed by atoms with van der Waals surface area (Å²) in [6.07, 6.45) is 3.17. The normalized spacial score (nSPS) is 15.7. The Balaban J connectivity index is 1.41. The average molecular weight is 449 g/mol. The Kier molecular flexibility index (Phi) is 7.08. The number of aryl methyl sites for hydroxylation is 2. The molecule has 0 spiro atoms. The predicted molar refractivity (Wildman–Crippen MR) is 129 cm³/mol. The molecule has 0 radical (unpaired) electrons. The van der Waals surface area contributed by atoms with Crippen molar-refractivity contribution in [1.82, 2.24) is 19.9 Å². The summed E-state index contributed by atoms with van der Waals surface area (Å²) in [5.41, 5.74) is 5.25. The zero-order valence-corrected chi connectivity index (χ0v) is 19.6. The molecule has 33 heavy (non-hydrogen) atoms. The number of hydrogen-bond acceptors (Lipinski definition) is 4. The lowest BCUT2D eigenvalue weighted by Crippen LogP contribution is -2.30. The fourth-order valence-corrected chi connectivity index (χ4v) is 4.67. The molecule has 2 aromatic heterocycles. The molecule has 7 heteroatoms. The monoisotopic (exact) mass is 448 g/mol. The SMILES string of the molecule is COCCn1c(C)cc(C(=O)NCC2CCc3nc(-c4ccccc4)[nH]c(=O)c3CC2)c1C. The molecule has 0 saturated carbocycles. The van der Waals surface area contributed by atoms with E-state index >= 15 is 0 Å². The van der Waals surface area contributed by atoms with E-state index in [0.717, 1.165) is 54.0 Å². The van der Waals surface area contributed by atoms with Crippen LogP contribution in [0.1, 0.15) is 45.8 Å². The summed E-state index contributed by atoms with van der Waals surface area (Å²) in [4.78, 5) is 33.3. The van der Waals surface area contributed by atoms with Gasteiger partial charge in [0, 0.05) is 42.7 Å². The standard InChI is InChI=1S/C26H32N4O3/c1-17-15-22(18(2)30(17)13-14-33-3)25(31)27-16-19-9-11-21-23(12-10-19)28-24(29-26(21)32)20-7-5-4-6-8-20/h4-8,15,19H,9-14,16H2,1-3H3,(H,27,31)(H,28,29,32). The Morgan fingerprint density at radius 3 is 2.73 bits per heavy atom. The lowest BCUT2D eigenvalue weighted by Gasteiger charge is -2.15. The largest absolute Gasteiger partial charge is 0.383 e. The molecular weight excluding hydrogens is 416 g/mol. The molecule has 0 aliphatic heterocycles. The van der Waals surface area contributed by atoms with Crippen LogP contribution in [-0.4, -0.2) is 40.7 Å². The maximum atomic E-state index is 12.9. The summed E-state index contributed by atoms with van der Waals surface area (Å²) in [6, 6.07) is 11.7. The highest BCUT2D eigenvalue weighted by Crippen LogP contribution is 2.23. The number of benzene rings is 1. The van der Waals surface area contributed by atoms with Crippen LogP contribution in [0.2, 0.25) is 0 Å². The van der Waals surface area contributed by atoms with Gasteiger partial charge >= 0.3 is 0 Å². The fraction of sp³-hybridized carbons (Fsp3) is 0.423. The topological polar surface area (TPSA) is 89.0 Å². The molecule has 1 amide bonds. The number of nitrogens with zero attached hydrogens (tertiary/aromatic N) is 2. The zero-order valence-electron chi connectivity index (χ0n) is 19.6. The van der Waals surface area contributed by atoms with Gasteiger partial charge in [-0.05, 0) is 51.5 Å². The summed E-state index contributed by atoms with van der Waals surface area (Å²) in [5.74, 6) is 0.880. The summed E-state index contributed by atoms with van der Waals surface area (Å²) >= 11 is 0. The van der Waals surface area contributed by atoms with Crippen molar-refractivity contribution in [1.29, 1.82) is 0 Å². The lowest BCUT2D eigenvalue weighted by atomic mass is 9.99. The second-order valence-electron chi connectivity index (χ2n) is 8.79. The summed E-state index contributed by atoms with van der Waals surface area (Å²) in [5, 5.41) is 3.12. The molecule has 0 bridgehead atoms. The quantitative estimate of drug-likeness (QED) is 0.542. The first-order valence-corrected chi connectivity index (χ1v) is 11.6. The van der Waals surface area contributed by atoms with Crippen molar-refractivity contribution in [3.63, 3.8) is 0 Å². The Morgan fingerprint density at radius 1 is 1.21 bits per heavy atom. The van der Waals surface area contributed by atoms with E-state index in [0.29, 0.717) is 36.9 Å². The Morgan fingerprint density at radius 2 is 1.97 bits per heavy atom. The maximum Gasteiger partial charge on any atom is 0.254 e. The van der Waals surface area contributed by atoms with Crippen molar-refractivity contribution >= 4 is 5.91 Å². The number of carbonyl (C=O) groups is 1. The first-order chi connectivity index (χ1) is 16.0. The van der Waals surface area contributed by atoms with Gasteiger partial charge in [-0.3, -0.25) is 9.59 Å². The second-order valence-corrected chi connectivity index (χ2v) is 8.79. The fourth-order valence-electron chi connectivity index (χ4n) is 4.67. The lowest BCUT2D eigenvalue weighted by molar-refractivity contribution is 0.0945. The minimum Gasteiger partial charge on any atom is -0.383 e. The number of aromatic nitrogens is 3. The van der Waals surface area contributed by atoms with Crippen LogP contribution >= 0.6 is 0 Å². The highest BCUT2D eigenvalue weighted by Gasteiger charge is 2.22. The van der Waals surface area contributed by atoms with Gasteiger partial charge in [0.1, 0.15) is 5.82 Å². The van der Waals surface area contributed by atoms with Crippen molar-refractivity contribution in [3.8, 4) is 11.4 Å².